The third-order valence-electron chi connectivity index (χ3n) is 3.50. The van der Waals surface area contributed by atoms with Crippen molar-refractivity contribution in [3.05, 3.63) is 29.8 Å². The molecule has 2 unspecified atom stereocenters. The van der Waals surface area contributed by atoms with E-state index in [0.29, 0.717) is 24.2 Å². The van der Waals surface area contributed by atoms with Crippen molar-refractivity contribution in [2.45, 2.75) is 39.3 Å². The Balaban J connectivity index is 2.70. The standard InChI is InChI=1S/C16H24N2O3/c1-11(19)9-10-18(4)12(2)16(21)17-15-8-6-5-7-14(15)13(3)20/h5-8,11-12,19H,9-10H2,1-4H3,(H,17,21). The lowest BCUT2D eigenvalue weighted by atomic mass is 10.1. The van der Waals surface area contributed by atoms with Gasteiger partial charge in [-0.15, -0.1) is 0 Å². The highest BCUT2D eigenvalue weighted by Crippen LogP contribution is 2.16. The lowest BCUT2D eigenvalue weighted by molar-refractivity contribution is -0.120. The molecule has 116 valence electrons. The van der Waals surface area contributed by atoms with E-state index in [1.54, 1.807) is 38.1 Å². The quantitative estimate of drug-likeness (QED) is 0.753. The Kier molecular flexibility index (Phi) is 6.52. The van der Waals surface area contributed by atoms with E-state index in [-0.39, 0.29) is 23.8 Å². The van der Waals surface area contributed by atoms with E-state index in [9.17, 15) is 14.7 Å². The van der Waals surface area contributed by atoms with Crippen LogP contribution >= 0.6 is 0 Å². The lowest BCUT2D eigenvalue weighted by Crippen LogP contribution is -2.40. The van der Waals surface area contributed by atoms with Gasteiger partial charge in [0.05, 0.1) is 17.8 Å². The van der Waals surface area contributed by atoms with E-state index in [4.69, 9.17) is 0 Å². The van der Waals surface area contributed by atoms with Crippen LogP contribution in [0.5, 0.6) is 0 Å². The van der Waals surface area contributed by atoms with Crippen molar-refractivity contribution >= 4 is 17.4 Å². The second-order valence-electron chi connectivity index (χ2n) is 5.39. The second-order valence-corrected chi connectivity index (χ2v) is 5.39. The van der Waals surface area contributed by atoms with E-state index in [1.807, 2.05) is 11.9 Å². The highest BCUT2D eigenvalue weighted by atomic mass is 16.3. The number of carbonyl (C=O) groups excluding carboxylic acids is 2. The number of para-hydroxylation sites is 1. The fourth-order valence-corrected chi connectivity index (χ4v) is 1.92. The van der Waals surface area contributed by atoms with Crippen LogP contribution in [0.2, 0.25) is 0 Å². The van der Waals surface area contributed by atoms with E-state index >= 15 is 0 Å². The average Bonchev–Trinajstić information content (AvgIpc) is 2.44. The Hall–Kier alpha value is -1.72. The zero-order valence-corrected chi connectivity index (χ0v) is 13.1. The van der Waals surface area contributed by atoms with E-state index in [1.165, 1.54) is 6.92 Å². The minimum absolute atomic E-state index is 0.0824. The first-order valence-electron chi connectivity index (χ1n) is 7.12. The molecule has 21 heavy (non-hydrogen) atoms. The van der Waals surface area contributed by atoms with Crippen LogP contribution in [-0.4, -0.2) is 47.4 Å². The van der Waals surface area contributed by atoms with Crippen molar-refractivity contribution in [2.75, 3.05) is 18.9 Å². The first-order chi connectivity index (χ1) is 9.82. The number of nitrogens with zero attached hydrogens (tertiary/aromatic N) is 1. The molecule has 0 aliphatic heterocycles. The van der Waals surface area contributed by atoms with Gasteiger partial charge < -0.3 is 10.4 Å². The third-order valence-corrected chi connectivity index (χ3v) is 3.50. The number of carbonyl (C=O) groups is 2. The predicted octanol–water partition coefficient (Wildman–Crippen LogP) is 1.92. The summed E-state index contributed by atoms with van der Waals surface area (Å²) in [5.41, 5.74) is 1.04. The molecule has 0 saturated heterocycles. The first kappa shape index (κ1) is 17.3. The summed E-state index contributed by atoms with van der Waals surface area (Å²) in [5, 5.41) is 12.1. The fraction of sp³-hybridized carbons (Fsp3) is 0.500. The minimum atomic E-state index is -0.388. The summed E-state index contributed by atoms with van der Waals surface area (Å²) < 4.78 is 0. The Morgan fingerprint density at radius 3 is 2.48 bits per heavy atom. The molecular weight excluding hydrogens is 268 g/mol. The number of benzene rings is 1. The number of hydrogen-bond acceptors (Lipinski definition) is 4. The molecule has 1 rings (SSSR count). The summed E-state index contributed by atoms with van der Waals surface area (Å²) in [6.45, 7) is 5.62. The normalized spacial score (nSPS) is 13.8. The van der Waals surface area contributed by atoms with Gasteiger partial charge in [0.25, 0.3) is 0 Å². The van der Waals surface area contributed by atoms with Crippen LogP contribution in [-0.2, 0) is 4.79 Å². The van der Waals surface area contributed by atoms with Crippen molar-refractivity contribution in [3.8, 4) is 0 Å². The van der Waals surface area contributed by atoms with Crippen molar-refractivity contribution in [1.82, 2.24) is 4.90 Å². The van der Waals surface area contributed by atoms with Gasteiger partial charge in [0, 0.05) is 12.1 Å². The number of amides is 1. The van der Waals surface area contributed by atoms with Crippen LogP contribution in [0.25, 0.3) is 0 Å². The fourth-order valence-electron chi connectivity index (χ4n) is 1.92. The van der Waals surface area contributed by atoms with Gasteiger partial charge in [0.1, 0.15) is 0 Å². The van der Waals surface area contributed by atoms with Crippen LogP contribution in [0.4, 0.5) is 5.69 Å². The maximum Gasteiger partial charge on any atom is 0.241 e. The van der Waals surface area contributed by atoms with Crippen molar-refractivity contribution in [2.24, 2.45) is 0 Å². The molecule has 0 saturated carbocycles. The van der Waals surface area contributed by atoms with Crippen LogP contribution in [0.3, 0.4) is 0 Å². The predicted molar refractivity (Wildman–Crippen MR) is 83.5 cm³/mol. The molecule has 1 amide bonds. The number of aliphatic hydroxyl groups is 1. The average molecular weight is 292 g/mol. The van der Waals surface area contributed by atoms with Gasteiger partial charge >= 0.3 is 0 Å². The number of anilines is 1. The van der Waals surface area contributed by atoms with E-state index in [2.05, 4.69) is 5.32 Å². The van der Waals surface area contributed by atoms with Gasteiger partial charge in [-0.3, -0.25) is 14.5 Å². The van der Waals surface area contributed by atoms with Crippen LogP contribution < -0.4 is 5.32 Å². The van der Waals surface area contributed by atoms with Gasteiger partial charge in [-0.25, -0.2) is 0 Å². The molecular formula is C16H24N2O3. The second kappa shape index (κ2) is 7.90. The molecule has 5 heteroatoms. The van der Waals surface area contributed by atoms with Crippen molar-refractivity contribution < 1.29 is 14.7 Å². The first-order valence-corrected chi connectivity index (χ1v) is 7.12. The summed E-state index contributed by atoms with van der Waals surface area (Å²) in [4.78, 5) is 25.7. The van der Waals surface area contributed by atoms with Gasteiger partial charge in [-0.1, -0.05) is 12.1 Å². The largest absolute Gasteiger partial charge is 0.393 e. The van der Waals surface area contributed by atoms with Gasteiger partial charge in [0.2, 0.25) is 5.91 Å². The molecule has 5 nitrogen and oxygen atoms in total. The van der Waals surface area contributed by atoms with Crippen molar-refractivity contribution in [3.63, 3.8) is 0 Å². The highest BCUT2D eigenvalue weighted by molar-refractivity contribution is 6.04. The molecule has 1 aromatic rings. The number of rotatable bonds is 7. The number of nitrogens with one attached hydrogen (secondary N) is 1. The minimum Gasteiger partial charge on any atom is -0.393 e. The monoisotopic (exact) mass is 292 g/mol. The molecule has 0 aromatic heterocycles. The maximum atomic E-state index is 12.2. The molecule has 2 N–H and O–H groups in total. The number of aliphatic hydroxyl groups excluding tert-OH is 1. The van der Waals surface area contributed by atoms with Crippen molar-refractivity contribution in [1.29, 1.82) is 0 Å². The molecule has 1 aromatic carbocycles. The van der Waals surface area contributed by atoms with Gasteiger partial charge in [-0.2, -0.15) is 0 Å². The molecule has 0 fully saturated rings. The Bertz CT molecular complexity index is 500. The maximum absolute atomic E-state index is 12.2. The lowest BCUT2D eigenvalue weighted by Gasteiger charge is -2.24. The number of Topliss-reactive ketones (excluding diaryl/α,β-unsaturated/α-hetero) is 1. The molecule has 0 heterocycles. The Morgan fingerprint density at radius 2 is 1.90 bits per heavy atom. The van der Waals surface area contributed by atoms with Crippen LogP contribution in [0, 0.1) is 0 Å². The van der Waals surface area contributed by atoms with E-state index < -0.39 is 0 Å². The molecule has 0 aliphatic rings. The summed E-state index contributed by atoms with van der Waals surface area (Å²) >= 11 is 0. The van der Waals surface area contributed by atoms with Gasteiger partial charge in [-0.05, 0) is 46.4 Å². The summed E-state index contributed by atoms with van der Waals surface area (Å²) in [6.07, 6.45) is 0.221. The van der Waals surface area contributed by atoms with Crippen LogP contribution in [0.1, 0.15) is 37.6 Å². The highest BCUT2D eigenvalue weighted by Gasteiger charge is 2.19. The van der Waals surface area contributed by atoms with Gasteiger partial charge in [0.15, 0.2) is 5.78 Å². The molecule has 0 radical (unpaired) electrons. The molecule has 0 aliphatic carbocycles. The SMILES string of the molecule is CC(=O)c1ccccc1NC(=O)C(C)N(C)CCC(C)O. The smallest absolute Gasteiger partial charge is 0.241 e. The molecule has 2 atom stereocenters. The Morgan fingerprint density at radius 1 is 1.29 bits per heavy atom. The third kappa shape index (κ3) is 5.28. The number of ketones is 1. The summed E-state index contributed by atoms with van der Waals surface area (Å²) in [6, 6.07) is 6.62. The summed E-state index contributed by atoms with van der Waals surface area (Å²) in [7, 11) is 1.84. The zero-order chi connectivity index (χ0) is 16.0. The van der Waals surface area contributed by atoms with E-state index in [0.717, 1.165) is 0 Å². The summed E-state index contributed by atoms with van der Waals surface area (Å²) in [5.74, 6) is -0.252. The Labute approximate surface area is 126 Å². The number of hydrogen-bond donors (Lipinski definition) is 2. The number of likely N-dealkylation sites (N-methyl/N-ethyl adjacent to an activating group) is 1. The molecule has 0 spiro atoms. The zero-order valence-electron chi connectivity index (χ0n) is 13.1. The van der Waals surface area contributed by atoms with Crippen LogP contribution in [0.15, 0.2) is 24.3 Å². The molecule has 0 bridgehead atoms. The topological polar surface area (TPSA) is 69.6 Å².